The van der Waals surface area contributed by atoms with Crippen LogP contribution in [0.1, 0.15) is 43.3 Å². The summed E-state index contributed by atoms with van der Waals surface area (Å²) in [6.45, 7) is 1.77. The van der Waals surface area contributed by atoms with Gasteiger partial charge in [-0.15, -0.1) is 0 Å². The summed E-state index contributed by atoms with van der Waals surface area (Å²) in [6, 6.07) is 3.79. The second kappa shape index (κ2) is 7.77. The summed E-state index contributed by atoms with van der Waals surface area (Å²) in [5.74, 6) is 4.87. The average Bonchev–Trinajstić information content (AvgIpc) is 3.52. The number of benzene rings is 1. The van der Waals surface area contributed by atoms with Crippen LogP contribution in [0.3, 0.4) is 0 Å². The molecule has 3 aromatic rings. The molecule has 1 aromatic carbocycles. The molecule has 0 N–H and O–H groups in total. The third-order valence-electron chi connectivity index (χ3n) is 5.59. The van der Waals surface area contributed by atoms with Crippen LogP contribution >= 0.6 is 0 Å². The minimum Gasteiger partial charge on any atom is -0.496 e. The lowest BCUT2D eigenvalue weighted by Crippen LogP contribution is -2.15. The smallest absolute Gasteiger partial charge is 0.229 e. The van der Waals surface area contributed by atoms with Crippen LogP contribution in [0, 0.1) is 0 Å². The molecule has 1 aliphatic carbocycles. The van der Waals surface area contributed by atoms with Gasteiger partial charge in [-0.3, -0.25) is 0 Å². The van der Waals surface area contributed by atoms with Crippen LogP contribution in [-0.2, 0) is 13.0 Å². The molecule has 0 bridgehead atoms. The van der Waals surface area contributed by atoms with Crippen LogP contribution < -0.4 is 14.2 Å². The first-order valence-corrected chi connectivity index (χ1v) is 10.1. The standard InChI is InChI=1S/C21H24N4O4/c1-26-16-13-18-17(27-10-11-28-18)12-15(16)20-22-7-9-25(20)8-6-19-23-21(29-24-19)14-4-2-3-5-14/h7,9,12-14H,2-6,8,10-11H2,1H3. The van der Waals surface area contributed by atoms with Crippen molar-refractivity contribution in [2.75, 3.05) is 20.3 Å². The van der Waals surface area contributed by atoms with E-state index in [1.165, 1.54) is 12.8 Å². The lowest BCUT2D eigenvalue weighted by Gasteiger charge is -2.20. The number of aryl methyl sites for hydroxylation is 2. The number of fused-ring (bicyclic) bond motifs is 1. The molecule has 2 aromatic heterocycles. The highest BCUT2D eigenvalue weighted by molar-refractivity contribution is 5.70. The van der Waals surface area contributed by atoms with Gasteiger partial charge in [-0.1, -0.05) is 18.0 Å². The maximum absolute atomic E-state index is 5.73. The van der Waals surface area contributed by atoms with Crippen molar-refractivity contribution < 1.29 is 18.7 Å². The van der Waals surface area contributed by atoms with E-state index in [1.807, 2.05) is 18.3 Å². The molecule has 2 aliphatic rings. The molecule has 0 atom stereocenters. The zero-order valence-electron chi connectivity index (χ0n) is 16.5. The van der Waals surface area contributed by atoms with Crippen LogP contribution in [0.25, 0.3) is 11.4 Å². The number of imidazole rings is 1. The van der Waals surface area contributed by atoms with Gasteiger partial charge in [0.15, 0.2) is 17.3 Å². The maximum atomic E-state index is 5.73. The van der Waals surface area contributed by atoms with E-state index in [1.54, 1.807) is 13.3 Å². The minimum atomic E-state index is 0.432. The zero-order valence-corrected chi connectivity index (χ0v) is 16.5. The van der Waals surface area contributed by atoms with Crippen molar-refractivity contribution in [3.63, 3.8) is 0 Å². The van der Waals surface area contributed by atoms with E-state index in [4.69, 9.17) is 18.7 Å². The Balaban J connectivity index is 1.36. The molecule has 8 heteroatoms. The second-order valence-corrected chi connectivity index (χ2v) is 7.42. The van der Waals surface area contributed by atoms with E-state index in [0.717, 1.165) is 35.9 Å². The number of nitrogens with zero attached hydrogens (tertiary/aromatic N) is 4. The van der Waals surface area contributed by atoms with Gasteiger partial charge in [0.1, 0.15) is 24.8 Å². The van der Waals surface area contributed by atoms with Gasteiger partial charge in [-0.25, -0.2) is 4.98 Å². The fraction of sp³-hybridized carbons (Fsp3) is 0.476. The number of rotatable bonds is 6. The third-order valence-corrected chi connectivity index (χ3v) is 5.59. The van der Waals surface area contributed by atoms with Crippen LogP contribution in [0.4, 0.5) is 0 Å². The van der Waals surface area contributed by atoms with Gasteiger partial charge in [0.05, 0.1) is 12.7 Å². The van der Waals surface area contributed by atoms with Crippen LogP contribution in [0.15, 0.2) is 29.0 Å². The Morgan fingerprint density at radius 3 is 2.72 bits per heavy atom. The van der Waals surface area contributed by atoms with Gasteiger partial charge in [0.2, 0.25) is 5.89 Å². The van der Waals surface area contributed by atoms with Crippen molar-refractivity contribution in [3.05, 3.63) is 36.2 Å². The molecule has 8 nitrogen and oxygen atoms in total. The van der Waals surface area contributed by atoms with E-state index in [-0.39, 0.29) is 0 Å². The maximum Gasteiger partial charge on any atom is 0.229 e. The first kappa shape index (κ1) is 18.0. The minimum absolute atomic E-state index is 0.432. The fourth-order valence-electron chi connectivity index (χ4n) is 4.08. The van der Waals surface area contributed by atoms with E-state index < -0.39 is 0 Å². The quantitative estimate of drug-likeness (QED) is 0.629. The third kappa shape index (κ3) is 3.54. The molecule has 29 heavy (non-hydrogen) atoms. The monoisotopic (exact) mass is 396 g/mol. The summed E-state index contributed by atoms with van der Waals surface area (Å²) >= 11 is 0. The number of aromatic nitrogens is 4. The zero-order chi connectivity index (χ0) is 19.6. The first-order valence-electron chi connectivity index (χ1n) is 10.1. The average molecular weight is 396 g/mol. The summed E-state index contributed by atoms with van der Waals surface area (Å²) in [6.07, 6.45) is 9.20. The lowest BCUT2D eigenvalue weighted by atomic mass is 10.1. The van der Waals surface area contributed by atoms with Gasteiger partial charge < -0.3 is 23.3 Å². The molecule has 0 radical (unpaired) electrons. The van der Waals surface area contributed by atoms with E-state index in [9.17, 15) is 0 Å². The van der Waals surface area contributed by atoms with Crippen molar-refractivity contribution in [2.45, 2.75) is 44.6 Å². The molecule has 0 saturated heterocycles. The summed E-state index contributed by atoms with van der Waals surface area (Å²) in [5, 5.41) is 4.17. The van der Waals surface area contributed by atoms with Crippen LogP contribution in [0.5, 0.6) is 17.2 Å². The molecule has 0 spiro atoms. The predicted octanol–water partition coefficient (Wildman–Crippen LogP) is 3.61. The number of hydrogen-bond acceptors (Lipinski definition) is 7. The summed E-state index contributed by atoms with van der Waals surface area (Å²) < 4.78 is 24.5. The highest BCUT2D eigenvalue weighted by Gasteiger charge is 2.23. The van der Waals surface area contributed by atoms with E-state index in [2.05, 4.69) is 19.7 Å². The molecule has 5 rings (SSSR count). The van der Waals surface area contributed by atoms with E-state index >= 15 is 0 Å². The van der Waals surface area contributed by atoms with Crippen LogP contribution in [-0.4, -0.2) is 40.0 Å². The Bertz CT molecular complexity index is 990. The first-order chi connectivity index (χ1) is 14.3. The van der Waals surface area contributed by atoms with Gasteiger partial charge in [0.25, 0.3) is 0 Å². The summed E-state index contributed by atoms with van der Waals surface area (Å²) in [7, 11) is 1.64. The van der Waals surface area contributed by atoms with Gasteiger partial charge in [0, 0.05) is 37.3 Å². The molecule has 1 aliphatic heterocycles. The highest BCUT2D eigenvalue weighted by Crippen LogP contribution is 2.41. The van der Waals surface area contributed by atoms with Gasteiger partial charge in [-0.2, -0.15) is 4.98 Å². The topological polar surface area (TPSA) is 84.4 Å². The number of ether oxygens (including phenoxy) is 3. The molecule has 0 unspecified atom stereocenters. The van der Waals surface area contributed by atoms with E-state index in [0.29, 0.717) is 49.3 Å². The Morgan fingerprint density at radius 2 is 1.93 bits per heavy atom. The molecule has 1 fully saturated rings. The molecule has 3 heterocycles. The van der Waals surface area contributed by atoms with Crippen LogP contribution in [0.2, 0.25) is 0 Å². The summed E-state index contributed by atoms with van der Waals surface area (Å²) in [4.78, 5) is 9.16. The van der Waals surface area contributed by atoms with Crippen molar-refractivity contribution in [2.24, 2.45) is 0 Å². The molecular weight excluding hydrogens is 372 g/mol. The largest absolute Gasteiger partial charge is 0.496 e. The molecule has 1 saturated carbocycles. The van der Waals surface area contributed by atoms with Crippen molar-refractivity contribution in [3.8, 4) is 28.6 Å². The number of methoxy groups -OCH3 is 1. The Morgan fingerprint density at radius 1 is 1.14 bits per heavy atom. The van der Waals surface area contributed by atoms with Crippen molar-refractivity contribution in [1.29, 1.82) is 0 Å². The fourth-order valence-corrected chi connectivity index (χ4v) is 4.08. The molecule has 152 valence electrons. The lowest BCUT2D eigenvalue weighted by molar-refractivity contribution is 0.171. The Hall–Kier alpha value is -3.03. The van der Waals surface area contributed by atoms with Gasteiger partial charge >= 0.3 is 0 Å². The summed E-state index contributed by atoms with van der Waals surface area (Å²) in [5.41, 5.74) is 0.863. The van der Waals surface area contributed by atoms with Gasteiger partial charge in [-0.05, 0) is 18.9 Å². The number of hydrogen-bond donors (Lipinski definition) is 0. The predicted molar refractivity (Wildman–Crippen MR) is 104 cm³/mol. The second-order valence-electron chi connectivity index (χ2n) is 7.42. The van der Waals surface area contributed by atoms with Crippen molar-refractivity contribution in [1.82, 2.24) is 19.7 Å². The molecular formula is C21H24N4O4. The Kier molecular flexibility index (Phi) is 4.83. The highest BCUT2D eigenvalue weighted by atomic mass is 16.6. The normalized spacial score (nSPS) is 16.3. The molecule has 0 amide bonds. The SMILES string of the molecule is COc1cc2c(cc1-c1nccn1CCc1noc(C3CCCC3)n1)OCCO2. The van der Waals surface area contributed by atoms with Crippen molar-refractivity contribution >= 4 is 0 Å². The Labute approximate surface area is 168 Å².